The summed E-state index contributed by atoms with van der Waals surface area (Å²) < 4.78 is 26.5. The van der Waals surface area contributed by atoms with Crippen LogP contribution in [0.4, 0.5) is 5.69 Å². The highest BCUT2D eigenvalue weighted by molar-refractivity contribution is 8.04. The highest BCUT2D eigenvalue weighted by Crippen LogP contribution is 2.32. The van der Waals surface area contributed by atoms with Crippen LogP contribution in [0.2, 0.25) is 5.02 Å². The van der Waals surface area contributed by atoms with Crippen molar-refractivity contribution in [1.82, 2.24) is 0 Å². The Kier molecular flexibility index (Phi) is 7.45. The largest absolute Gasteiger partial charge is 0.349 e. The molecule has 0 saturated heterocycles. The van der Waals surface area contributed by atoms with Crippen molar-refractivity contribution in [3.05, 3.63) is 104 Å². The van der Waals surface area contributed by atoms with E-state index in [0.717, 1.165) is 16.7 Å². The molecule has 0 bridgehead atoms. The van der Waals surface area contributed by atoms with Crippen molar-refractivity contribution >= 4 is 38.9 Å². The standard InChI is InChI=1S/C24H21ClN2O2S2/c1-17-8-9-18(2)19(14-17)16-30-24(27-21-12-10-20(25)11-13-21)23(15-26)31(28,29)22-6-4-3-5-7-22/h3-14,27H,16H2,1-2H3. The van der Waals surface area contributed by atoms with E-state index >= 15 is 0 Å². The van der Waals surface area contributed by atoms with Crippen LogP contribution in [0, 0.1) is 25.2 Å². The second-order valence-corrected chi connectivity index (χ2v) is 10.2. The maximum absolute atomic E-state index is 13.2. The Labute approximate surface area is 192 Å². The minimum Gasteiger partial charge on any atom is -0.349 e. The van der Waals surface area contributed by atoms with E-state index in [9.17, 15) is 13.7 Å². The van der Waals surface area contributed by atoms with Gasteiger partial charge in [-0.2, -0.15) is 5.26 Å². The topological polar surface area (TPSA) is 70.0 Å². The quantitative estimate of drug-likeness (QED) is 0.402. The van der Waals surface area contributed by atoms with Gasteiger partial charge in [0.05, 0.1) is 4.90 Å². The number of thioether (sulfide) groups is 1. The molecule has 0 radical (unpaired) electrons. The Balaban J connectivity index is 2.05. The van der Waals surface area contributed by atoms with E-state index in [4.69, 9.17) is 11.6 Å². The summed E-state index contributed by atoms with van der Waals surface area (Å²) in [6, 6.07) is 22.9. The number of benzene rings is 3. The monoisotopic (exact) mass is 468 g/mol. The average Bonchev–Trinajstić information content (AvgIpc) is 2.76. The van der Waals surface area contributed by atoms with Gasteiger partial charge in [0.1, 0.15) is 11.1 Å². The highest BCUT2D eigenvalue weighted by atomic mass is 35.5. The lowest BCUT2D eigenvalue weighted by atomic mass is 10.1. The molecule has 0 heterocycles. The van der Waals surface area contributed by atoms with Crippen molar-refractivity contribution < 1.29 is 8.42 Å². The molecule has 3 rings (SSSR count). The van der Waals surface area contributed by atoms with Gasteiger partial charge in [-0.15, -0.1) is 11.8 Å². The highest BCUT2D eigenvalue weighted by Gasteiger charge is 2.25. The van der Waals surface area contributed by atoms with Crippen LogP contribution in [0.3, 0.4) is 0 Å². The summed E-state index contributed by atoms with van der Waals surface area (Å²) in [6.07, 6.45) is 0. The fourth-order valence-corrected chi connectivity index (χ4v) is 5.65. The second-order valence-electron chi connectivity index (χ2n) is 6.94. The normalized spacial score (nSPS) is 12.1. The zero-order valence-electron chi connectivity index (χ0n) is 17.1. The Morgan fingerprint density at radius 1 is 1.03 bits per heavy atom. The third-order valence-electron chi connectivity index (χ3n) is 4.61. The minimum atomic E-state index is -3.99. The van der Waals surface area contributed by atoms with Gasteiger partial charge in [0.2, 0.25) is 9.84 Å². The number of halogens is 1. The predicted octanol–water partition coefficient (Wildman–Crippen LogP) is 6.47. The number of rotatable bonds is 7. The molecule has 0 spiro atoms. The molecule has 3 aromatic rings. The van der Waals surface area contributed by atoms with E-state index in [1.165, 1.54) is 23.9 Å². The number of aryl methyl sites for hydroxylation is 2. The number of anilines is 1. The predicted molar refractivity (Wildman–Crippen MR) is 129 cm³/mol. The molecule has 0 aliphatic carbocycles. The van der Waals surface area contributed by atoms with Crippen LogP contribution in [0.15, 0.2) is 87.6 Å². The fraction of sp³-hybridized carbons (Fsp3) is 0.125. The SMILES string of the molecule is Cc1ccc(C)c(CSC(Nc2ccc(Cl)cc2)=C(C#N)S(=O)(=O)c2ccccc2)c1. The number of hydrogen-bond donors (Lipinski definition) is 1. The molecule has 4 nitrogen and oxygen atoms in total. The molecule has 0 aliphatic rings. The van der Waals surface area contributed by atoms with Gasteiger partial charge in [-0.25, -0.2) is 8.42 Å². The van der Waals surface area contributed by atoms with Gasteiger partial charge in [0.25, 0.3) is 0 Å². The van der Waals surface area contributed by atoms with Crippen molar-refractivity contribution in [1.29, 1.82) is 5.26 Å². The molecule has 0 amide bonds. The number of sulfone groups is 1. The summed E-state index contributed by atoms with van der Waals surface area (Å²) in [5, 5.41) is 13.8. The molecule has 7 heteroatoms. The van der Waals surface area contributed by atoms with Crippen molar-refractivity contribution in [2.45, 2.75) is 24.5 Å². The number of nitrogens with one attached hydrogen (secondary N) is 1. The van der Waals surface area contributed by atoms with Crippen LogP contribution in [0.25, 0.3) is 0 Å². The maximum atomic E-state index is 13.2. The van der Waals surface area contributed by atoms with Crippen molar-refractivity contribution in [3.63, 3.8) is 0 Å². The second kappa shape index (κ2) is 10.1. The molecular weight excluding hydrogens is 448 g/mol. The van der Waals surface area contributed by atoms with Crippen LogP contribution < -0.4 is 5.32 Å². The zero-order valence-corrected chi connectivity index (χ0v) is 19.5. The van der Waals surface area contributed by atoms with Crippen LogP contribution in [-0.4, -0.2) is 8.42 Å². The molecular formula is C24H21ClN2O2S2. The first-order valence-electron chi connectivity index (χ1n) is 9.47. The summed E-state index contributed by atoms with van der Waals surface area (Å²) in [6.45, 7) is 4.02. The average molecular weight is 469 g/mol. The minimum absolute atomic E-state index is 0.0780. The first kappa shape index (κ1) is 23.0. The summed E-state index contributed by atoms with van der Waals surface area (Å²) >= 11 is 7.26. The third kappa shape index (κ3) is 5.71. The molecule has 1 N–H and O–H groups in total. The van der Waals surface area contributed by atoms with Crippen LogP contribution in [0.5, 0.6) is 0 Å². The van der Waals surface area contributed by atoms with E-state index < -0.39 is 9.84 Å². The molecule has 3 aromatic carbocycles. The lowest BCUT2D eigenvalue weighted by molar-refractivity contribution is 0.603. The van der Waals surface area contributed by atoms with E-state index in [1.807, 2.05) is 32.0 Å². The Morgan fingerprint density at radius 2 is 1.71 bits per heavy atom. The summed E-state index contributed by atoms with van der Waals surface area (Å²) in [4.78, 5) is -0.238. The van der Waals surface area contributed by atoms with Gasteiger partial charge < -0.3 is 5.32 Å². The van der Waals surface area contributed by atoms with E-state index in [-0.39, 0.29) is 14.8 Å². The molecule has 0 saturated carbocycles. The molecule has 0 atom stereocenters. The first-order valence-corrected chi connectivity index (χ1v) is 12.3. The molecule has 0 fully saturated rings. The Morgan fingerprint density at radius 3 is 2.35 bits per heavy atom. The molecule has 0 aromatic heterocycles. The van der Waals surface area contributed by atoms with E-state index in [2.05, 4.69) is 11.4 Å². The number of hydrogen-bond acceptors (Lipinski definition) is 5. The maximum Gasteiger partial charge on any atom is 0.219 e. The van der Waals surface area contributed by atoms with Gasteiger partial charge in [-0.3, -0.25) is 0 Å². The lowest BCUT2D eigenvalue weighted by Gasteiger charge is -2.15. The van der Waals surface area contributed by atoms with Gasteiger partial charge in [-0.1, -0.05) is 53.6 Å². The summed E-state index contributed by atoms with van der Waals surface area (Å²) in [5.74, 6) is 0.513. The van der Waals surface area contributed by atoms with Crippen LogP contribution >= 0.6 is 23.4 Å². The third-order valence-corrected chi connectivity index (χ3v) is 7.77. The molecule has 0 aliphatic heterocycles. The van der Waals surface area contributed by atoms with Crippen molar-refractivity contribution in [2.75, 3.05) is 5.32 Å². The number of nitrogens with zero attached hydrogens (tertiary/aromatic N) is 1. The smallest absolute Gasteiger partial charge is 0.219 e. The summed E-state index contributed by atoms with van der Waals surface area (Å²) in [5.41, 5.74) is 3.95. The van der Waals surface area contributed by atoms with Gasteiger partial charge >= 0.3 is 0 Å². The first-order chi connectivity index (χ1) is 14.8. The van der Waals surface area contributed by atoms with Crippen molar-refractivity contribution in [3.8, 4) is 6.07 Å². The summed E-state index contributed by atoms with van der Waals surface area (Å²) in [7, 11) is -3.99. The zero-order chi connectivity index (χ0) is 22.4. The number of nitriles is 1. The number of allylic oxidation sites excluding steroid dienone is 1. The fourth-order valence-electron chi connectivity index (χ4n) is 2.88. The molecule has 0 unspecified atom stereocenters. The van der Waals surface area contributed by atoms with Gasteiger partial charge in [-0.05, 0) is 61.4 Å². The van der Waals surface area contributed by atoms with Crippen molar-refractivity contribution in [2.24, 2.45) is 0 Å². The van der Waals surface area contributed by atoms with Gasteiger partial charge in [0, 0.05) is 16.5 Å². The lowest BCUT2D eigenvalue weighted by Crippen LogP contribution is -2.10. The van der Waals surface area contributed by atoms with E-state index in [1.54, 1.807) is 42.5 Å². The van der Waals surface area contributed by atoms with Gasteiger partial charge in [0.15, 0.2) is 4.91 Å². The Bertz CT molecular complexity index is 1250. The van der Waals surface area contributed by atoms with E-state index in [0.29, 0.717) is 16.5 Å². The van der Waals surface area contributed by atoms with Crippen LogP contribution in [-0.2, 0) is 15.6 Å². The Hall–Kier alpha value is -2.72. The van der Waals surface area contributed by atoms with Crippen LogP contribution in [0.1, 0.15) is 16.7 Å². The molecule has 158 valence electrons. The molecule has 31 heavy (non-hydrogen) atoms.